The van der Waals surface area contributed by atoms with E-state index >= 15 is 0 Å². The van der Waals surface area contributed by atoms with Gasteiger partial charge in [0.05, 0.1) is 0 Å². The van der Waals surface area contributed by atoms with Crippen LogP contribution in [0, 0.1) is 6.92 Å². The molecule has 53 valence electrons. The molecule has 0 spiro atoms. The van der Waals surface area contributed by atoms with Gasteiger partial charge in [0, 0.05) is 0 Å². The van der Waals surface area contributed by atoms with Crippen LogP contribution in [0.3, 0.4) is 0 Å². The second kappa shape index (κ2) is 4.77. The summed E-state index contributed by atoms with van der Waals surface area (Å²) in [5, 5.41) is 0. The first kappa shape index (κ1) is 8.92. The fourth-order valence-electron chi connectivity index (χ4n) is 0.700. The molecule has 2 N–H and O–H groups in total. The van der Waals surface area contributed by atoms with Crippen LogP contribution in [-0.4, -0.2) is 5.48 Å². The van der Waals surface area contributed by atoms with Gasteiger partial charge in [0.2, 0.25) is 0 Å². The van der Waals surface area contributed by atoms with Gasteiger partial charge < -0.3 is 5.48 Å². The van der Waals surface area contributed by atoms with Crippen molar-refractivity contribution < 1.29 is 5.48 Å². The summed E-state index contributed by atoms with van der Waals surface area (Å²) in [4.78, 5) is 0. The van der Waals surface area contributed by atoms with Crippen molar-refractivity contribution in [2.24, 2.45) is 0 Å². The normalized spacial score (nSPS) is 9.30. The Morgan fingerprint density at radius 3 is 2.20 bits per heavy atom. The van der Waals surface area contributed by atoms with Crippen LogP contribution in [0.2, 0.25) is 0 Å². The van der Waals surface area contributed by atoms with E-state index in [9.17, 15) is 0 Å². The summed E-state index contributed by atoms with van der Waals surface area (Å²) in [6.07, 6.45) is 3.76. The first-order chi connectivity index (χ1) is 4.43. The number of rotatable bonds is 1. The second-order valence-corrected chi connectivity index (χ2v) is 1.81. The Balaban J connectivity index is 0.000000810. The first-order valence-electron chi connectivity index (χ1n) is 2.94. The van der Waals surface area contributed by atoms with Gasteiger partial charge in [-0.05, 0) is 12.5 Å². The third-order valence-electron chi connectivity index (χ3n) is 1.11. The molecule has 0 heterocycles. The Bertz CT molecular complexity index is 189. The van der Waals surface area contributed by atoms with Crippen LogP contribution < -0.4 is 0 Å². The molecule has 1 radical (unpaired) electrons. The summed E-state index contributed by atoms with van der Waals surface area (Å²) in [6, 6.07) is 10.1. The molecule has 1 aromatic rings. The van der Waals surface area contributed by atoms with E-state index in [1.165, 1.54) is 5.56 Å². The third-order valence-corrected chi connectivity index (χ3v) is 1.11. The highest BCUT2D eigenvalue weighted by molar-refractivity contribution is 5.48. The van der Waals surface area contributed by atoms with E-state index in [0.717, 1.165) is 0 Å². The van der Waals surface area contributed by atoms with Crippen molar-refractivity contribution in [3.63, 3.8) is 0 Å². The summed E-state index contributed by atoms with van der Waals surface area (Å²) in [5.41, 5.74) is 1.20. The maximum atomic E-state index is 3.60. The van der Waals surface area contributed by atoms with E-state index in [4.69, 9.17) is 0 Å². The fraction of sp³-hybridized carbons (Fsp3) is 0. The molecule has 0 saturated carbocycles. The van der Waals surface area contributed by atoms with E-state index in [1.54, 1.807) is 6.08 Å². The van der Waals surface area contributed by atoms with E-state index in [1.807, 2.05) is 36.4 Å². The molecular weight excluding hydrogens is 124 g/mol. The molecule has 1 nitrogen and oxygen atoms in total. The summed E-state index contributed by atoms with van der Waals surface area (Å²) in [6.45, 7) is 3.60. The summed E-state index contributed by atoms with van der Waals surface area (Å²) < 4.78 is 0. The lowest BCUT2D eigenvalue weighted by atomic mass is 10.2. The molecule has 1 aromatic carbocycles. The lowest BCUT2D eigenvalue weighted by Crippen LogP contribution is -1.65. The van der Waals surface area contributed by atoms with Gasteiger partial charge in [-0.25, -0.2) is 0 Å². The topological polar surface area (TPSA) is 31.5 Å². The Labute approximate surface area is 61.3 Å². The zero-order valence-corrected chi connectivity index (χ0v) is 5.75. The highest BCUT2D eigenvalue weighted by atomic mass is 16.0. The summed E-state index contributed by atoms with van der Waals surface area (Å²) in [7, 11) is 0. The smallest absolute Gasteiger partial charge is 0.0260 e. The van der Waals surface area contributed by atoms with Crippen molar-refractivity contribution in [1.29, 1.82) is 0 Å². The quantitative estimate of drug-likeness (QED) is 0.561. The predicted octanol–water partition coefficient (Wildman–Crippen LogP) is 1.71. The maximum absolute atomic E-state index is 3.60. The fourth-order valence-corrected chi connectivity index (χ4v) is 0.700. The van der Waals surface area contributed by atoms with Gasteiger partial charge in [0.1, 0.15) is 0 Å². The predicted molar refractivity (Wildman–Crippen MR) is 44.4 cm³/mol. The number of allylic oxidation sites excluding steroid dienone is 1. The lowest BCUT2D eigenvalue weighted by Gasteiger charge is -1.86. The molecule has 1 rings (SSSR count). The van der Waals surface area contributed by atoms with Gasteiger partial charge >= 0.3 is 0 Å². The molecule has 0 aromatic heterocycles. The van der Waals surface area contributed by atoms with Crippen molar-refractivity contribution in [3.8, 4) is 0 Å². The van der Waals surface area contributed by atoms with Crippen LogP contribution >= 0.6 is 0 Å². The molecule has 0 bridgehead atoms. The molecule has 0 aliphatic carbocycles. The van der Waals surface area contributed by atoms with Crippen molar-refractivity contribution in [2.75, 3.05) is 0 Å². The molecule has 0 aliphatic heterocycles. The van der Waals surface area contributed by atoms with E-state index in [-0.39, 0.29) is 5.48 Å². The molecule has 0 aliphatic rings. The van der Waals surface area contributed by atoms with E-state index in [2.05, 4.69) is 6.92 Å². The van der Waals surface area contributed by atoms with Crippen LogP contribution in [0.1, 0.15) is 5.56 Å². The Hall–Kier alpha value is -1.08. The highest BCUT2D eigenvalue weighted by Gasteiger charge is 1.77. The van der Waals surface area contributed by atoms with E-state index in [0.29, 0.717) is 0 Å². The highest BCUT2D eigenvalue weighted by Crippen LogP contribution is 1.99. The van der Waals surface area contributed by atoms with Crippen molar-refractivity contribution in [1.82, 2.24) is 0 Å². The molecule has 0 atom stereocenters. The second-order valence-electron chi connectivity index (χ2n) is 1.81. The van der Waals surface area contributed by atoms with Gasteiger partial charge in [-0.2, -0.15) is 0 Å². The van der Waals surface area contributed by atoms with Crippen LogP contribution in [0.4, 0.5) is 0 Å². The molecule has 0 fully saturated rings. The van der Waals surface area contributed by atoms with Crippen molar-refractivity contribution in [2.45, 2.75) is 0 Å². The molecular formula is C9H11O. The Morgan fingerprint density at radius 1 is 1.10 bits per heavy atom. The lowest BCUT2D eigenvalue weighted by molar-refractivity contribution is 0.824. The Morgan fingerprint density at radius 2 is 1.70 bits per heavy atom. The number of hydrogen-bond acceptors (Lipinski definition) is 0. The summed E-state index contributed by atoms with van der Waals surface area (Å²) in [5.74, 6) is 0. The average Bonchev–Trinajstić information content (AvgIpc) is 1.91. The van der Waals surface area contributed by atoms with Gasteiger partial charge in [-0.1, -0.05) is 42.5 Å². The number of benzene rings is 1. The maximum Gasteiger partial charge on any atom is -0.0260 e. The van der Waals surface area contributed by atoms with Gasteiger partial charge in [-0.15, -0.1) is 0 Å². The number of hydrogen-bond donors (Lipinski definition) is 0. The van der Waals surface area contributed by atoms with Crippen LogP contribution in [0.5, 0.6) is 0 Å². The Kier molecular flexibility index (Phi) is 4.25. The van der Waals surface area contributed by atoms with Crippen LogP contribution in [0.25, 0.3) is 6.08 Å². The van der Waals surface area contributed by atoms with Gasteiger partial charge in [0.25, 0.3) is 0 Å². The van der Waals surface area contributed by atoms with Crippen LogP contribution in [0.15, 0.2) is 36.4 Å². The van der Waals surface area contributed by atoms with Crippen LogP contribution in [-0.2, 0) is 0 Å². The molecule has 0 amide bonds. The zero-order valence-electron chi connectivity index (χ0n) is 5.75. The first-order valence-corrected chi connectivity index (χ1v) is 2.94. The van der Waals surface area contributed by atoms with Crippen molar-refractivity contribution in [3.05, 3.63) is 48.9 Å². The van der Waals surface area contributed by atoms with Gasteiger partial charge in [-0.3, -0.25) is 0 Å². The largest absolute Gasteiger partial charge is 0.412 e. The minimum absolute atomic E-state index is 0. The zero-order chi connectivity index (χ0) is 6.53. The SMILES string of the molecule is O.[CH2]/C=C/c1ccccc1. The molecule has 0 saturated heterocycles. The molecule has 0 unspecified atom stereocenters. The third kappa shape index (κ3) is 2.46. The molecule has 10 heavy (non-hydrogen) atoms. The van der Waals surface area contributed by atoms with E-state index < -0.39 is 0 Å². The average molecular weight is 135 g/mol. The monoisotopic (exact) mass is 135 g/mol. The minimum Gasteiger partial charge on any atom is -0.412 e. The molecule has 1 heteroatoms. The standard InChI is InChI=1S/C9H9.H2O/c1-2-6-9-7-4-3-5-8-9;/h2-8H,1H2;1H2/b6-2+;. The minimum atomic E-state index is 0. The van der Waals surface area contributed by atoms with Crippen molar-refractivity contribution >= 4 is 6.08 Å². The van der Waals surface area contributed by atoms with Gasteiger partial charge in [0.15, 0.2) is 0 Å². The summed E-state index contributed by atoms with van der Waals surface area (Å²) >= 11 is 0.